The highest BCUT2D eigenvalue weighted by Gasteiger charge is 2.35. The van der Waals surface area contributed by atoms with Gasteiger partial charge in [-0.25, -0.2) is 9.48 Å². The SMILES string of the molecule is CCCCOc1cccc(C2C(C(=O)OCc3ccccc3)=C(C)Nc3nc(SCCC)nn32)c1. The molecule has 1 aromatic heterocycles. The van der Waals surface area contributed by atoms with E-state index in [0.29, 0.717) is 29.0 Å². The Morgan fingerprint density at radius 1 is 1.11 bits per heavy atom. The van der Waals surface area contributed by atoms with Crippen LogP contribution >= 0.6 is 11.8 Å². The smallest absolute Gasteiger partial charge is 0.338 e. The molecule has 3 aromatic rings. The van der Waals surface area contributed by atoms with Crippen molar-refractivity contribution in [1.82, 2.24) is 14.8 Å². The zero-order valence-electron chi connectivity index (χ0n) is 20.5. The second-order valence-corrected chi connectivity index (χ2v) is 9.48. The largest absolute Gasteiger partial charge is 0.494 e. The van der Waals surface area contributed by atoms with Crippen LogP contribution in [0.1, 0.15) is 57.2 Å². The minimum absolute atomic E-state index is 0.200. The molecule has 0 saturated heterocycles. The summed E-state index contributed by atoms with van der Waals surface area (Å²) >= 11 is 1.60. The fourth-order valence-electron chi connectivity index (χ4n) is 3.87. The molecule has 1 aliphatic rings. The lowest BCUT2D eigenvalue weighted by atomic mass is 9.95. The van der Waals surface area contributed by atoms with E-state index in [0.717, 1.165) is 41.9 Å². The van der Waals surface area contributed by atoms with E-state index in [2.05, 4.69) is 24.1 Å². The summed E-state index contributed by atoms with van der Waals surface area (Å²) in [6, 6.07) is 17.1. The van der Waals surface area contributed by atoms with Gasteiger partial charge in [-0.1, -0.05) is 74.5 Å². The average molecular weight is 493 g/mol. The molecule has 0 amide bonds. The van der Waals surface area contributed by atoms with Gasteiger partial charge in [-0.15, -0.1) is 5.10 Å². The minimum Gasteiger partial charge on any atom is -0.494 e. The average Bonchev–Trinajstić information content (AvgIpc) is 3.28. The molecule has 1 atom stereocenters. The van der Waals surface area contributed by atoms with E-state index >= 15 is 0 Å². The quantitative estimate of drug-likeness (QED) is 0.200. The topological polar surface area (TPSA) is 78.3 Å². The fourth-order valence-corrected chi connectivity index (χ4v) is 4.55. The van der Waals surface area contributed by atoms with Crippen LogP contribution < -0.4 is 10.1 Å². The van der Waals surface area contributed by atoms with E-state index in [1.165, 1.54) is 0 Å². The molecule has 2 aromatic carbocycles. The van der Waals surface area contributed by atoms with Crippen molar-refractivity contribution in [3.05, 3.63) is 77.0 Å². The van der Waals surface area contributed by atoms with Crippen molar-refractivity contribution in [3.63, 3.8) is 0 Å². The Kier molecular flexibility index (Phi) is 8.47. The molecule has 0 radical (unpaired) electrons. The summed E-state index contributed by atoms with van der Waals surface area (Å²) in [5.74, 6) is 1.92. The molecule has 1 unspecified atom stereocenters. The molecule has 0 spiro atoms. The van der Waals surface area contributed by atoms with E-state index < -0.39 is 6.04 Å². The Hall–Kier alpha value is -3.26. The highest BCUT2D eigenvalue weighted by Crippen LogP contribution is 2.37. The van der Waals surface area contributed by atoms with E-state index in [-0.39, 0.29) is 12.6 Å². The normalized spacial score (nSPS) is 14.9. The number of esters is 1. The van der Waals surface area contributed by atoms with Gasteiger partial charge in [-0.2, -0.15) is 4.98 Å². The summed E-state index contributed by atoms with van der Waals surface area (Å²) in [5.41, 5.74) is 3.04. The van der Waals surface area contributed by atoms with Crippen molar-refractivity contribution in [2.75, 3.05) is 17.7 Å². The van der Waals surface area contributed by atoms with Gasteiger partial charge in [0.15, 0.2) is 0 Å². The Morgan fingerprint density at radius 2 is 1.94 bits per heavy atom. The first kappa shape index (κ1) is 24.9. The summed E-state index contributed by atoms with van der Waals surface area (Å²) in [7, 11) is 0. The van der Waals surface area contributed by atoms with Crippen molar-refractivity contribution < 1.29 is 14.3 Å². The van der Waals surface area contributed by atoms with Gasteiger partial charge in [-0.05, 0) is 43.0 Å². The lowest BCUT2D eigenvalue weighted by molar-refractivity contribution is -0.140. The molecule has 35 heavy (non-hydrogen) atoms. The van der Waals surface area contributed by atoms with Gasteiger partial charge in [0.05, 0.1) is 12.2 Å². The summed E-state index contributed by atoms with van der Waals surface area (Å²) < 4.78 is 13.5. The van der Waals surface area contributed by atoms with Crippen LogP contribution in [0.3, 0.4) is 0 Å². The molecule has 4 rings (SSSR count). The van der Waals surface area contributed by atoms with Crippen LogP contribution in [0.15, 0.2) is 71.0 Å². The molecule has 0 saturated carbocycles. The van der Waals surface area contributed by atoms with Gasteiger partial charge in [-0.3, -0.25) is 0 Å². The van der Waals surface area contributed by atoms with Crippen LogP contribution in [0.2, 0.25) is 0 Å². The van der Waals surface area contributed by atoms with Gasteiger partial charge in [0.2, 0.25) is 11.1 Å². The zero-order chi connectivity index (χ0) is 24.6. The number of hydrogen-bond acceptors (Lipinski definition) is 7. The number of fused-ring (bicyclic) bond motifs is 1. The number of rotatable bonds is 11. The molecule has 1 aliphatic heterocycles. The summed E-state index contributed by atoms with van der Waals surface area (Å²) in [4.78, 5) is 18.1. The van der Waals surface area contributed by atoms with Crippen molar-refractivity contribution >= 4 is 23.7 Å². The van der Waals surface area contributed by atoms with Crippen LogP contribution in [0.25, 0.3) is 0 Å². The van der Waals surface area contributed by atoms with Crippen molar-refractivity contribution in [1.29, 1.82) is 0 Å². The number of carbonyl (C=O) groups is 1. The molecular formula is C27H32N4O3S. The Morgan fingerprint density at radius 3 is 2.71 bits per heavy atom. The first-order chi connectivity index (χ1) is 17.1. The third-order valence-electron chi connectivity index (χ3n) is 5.64. The molecule has 0 aliphatic carbocycles. The minimum atomic E-state index is -0.479. The molecule has 2 heterocycles. The number of aromatic nitrogens is 3. The van der Waals surface area contributed by atoms with Crippen LogP contribution in [0.5, 0.6) is 5.75 Å². The van der Waals surface area contributed by atoms with E-state index in [4.69, 9.17) is 14.6 Å². The maximum Gasteiger partial charge on any atom is 0.338 e. The number of hydrogen-bond donors (Lipinski definition) is 1. The molecule has 184 valence electrons. The van der Waals surface area contributed by atoms with Gasteiger partial charge in [0, 0.05) is 11.4 Å². The third kappa shape index (κ3) is 6.06. The number of thioether (sulfide) groups is 1. The van der Waals surface area contributed by atoms with Crippen LogP contribution in [0.4, 0.5) is 5.95 Å². The number of anilines is 1. The maximum atomic E-state index is 13.4. The molecule has 8 heteroatoms. The second-order valence-electron chi connectivity index (χ2n) is 8.41. The second kappa shape index (κ2) is 11.9. The van der Waals surface area contributed by atoms with E-state index in [1.807, 2.05) is 61.5 Å². The molecule has 7 nitrogen and oxygen atoms in total. The predicted octanol–water partition coefficient (Wildman–Crippen LogP) is 5.99. The Labute approximate surface area is 210 Å². The molecule has 0 bridgehead atoms. The molecule has 0 fully saturated rings. The maximum absolute atomic E-state index is 13.4. The number of benzene rings is 2. The monoisotopic (exact) mass is 492 g/mol. The van der Waals surface area contributed by atoms with E-state index in [9.17, 15) is 4.79 Å². The Bertz CT molecular complexity index is 1180. The summed E-state index contributed by atoms with van der Waals surface area (Å²) in [5, 5.41) is 8.71. The molecule has 1 N–H and O–H groups in total. The number of unbranched alkanes of at least 4 members (excludes halogenated alkanes) is 1. The van der Waals surface area contributed by atoms with E-state index in [1.54, 1.807) is 16.4 Å². The fraction of sp³-hybridized carbons (Fsp3) is 0.370. The first-order valence-corrected chi connectivity index (χ1v) is 13.1. The lowest BCUT2D eigenvalue weighted by Gasteiger charge is -2.28. The van der Waals surface area contributed by atoms with Crippen molar-refractivity contribution in [2.24, 2.45) is 0 Å². The van der Waals surface area contributed by atoms with Crippen molar-refractivity contribution in [2.45, 2.75) is 57.8 Å². The number of nitrogens with zero attached hydrogens (tertiary/aromatic N) is 3. The summed E-state index contributed by atoms with van der Waals surface area (Å²) in [6.07, 6.45) is 3.07. The number of nitrogens with one attached hydrogen (secondary N) is 1. The van der Waals surface area contributed by atoms with Gasteiger partial charge >= 0.3 is 5.97 Å². The van der Waals surface area contributed by atoms with Gasteiger partial charge in [0.1, 0.15) is 18.4 Å². The van der Waals surface area contributed by atoms with Crippen LogP contribution in [-0.4, -0.2) is 33.1 Å². The number of ether oxygens (including phenoxy) is 2. The number of allylic oxidation sites excluding steroid dienone is 1. The van der Waals surface area contributed by atoms with Crippen LogP contribution in [0, 0.1) is 0 Å². The van der Waals surface area contributed by atoms with Gasteiger partial charge in [0.25, 0.3) is 0 Å². The summed E-state index contributed by atoms with van der Waals surface area (Å²) in [6.45, 7) is 6.99. The number of carbonyl (C=O) groups excluding carboxylic acids is 1. The highest BCUT2D eigenvalue weighted by atomic mass is 32.2. The van der Waals surface area contributed by atoms with Gasteiger partial charge < -0.3 is 14.8 Å². The van der Waals surface area contributed by atoms with Crippen LogP contribution in [-0.2, 0) is 16.1 Å². The predicted molar refractivity (Wildman–Crippen MR) is 139 cm³/mol. The standard InChI is InChI=1S/C27H32N4O3S/c1-4-6-15-33-22-14-10-13-21(17-22)24-23(25(32)34-18-20-11-8-7-9-12-20)19(3)28-26-29-27(30-31(24)26)35-16-5-2/h7-14,17,24H,4-6,15-16,18H2,1-3H3,(H,28,29,30). The third-order valence-corrected chi connectivity index (χ3v) is 6.69. The van der Waals surface area contributed by atoms with Crippen molar-refractivity contribution in [3.8, 4) is 5.75 Å². The highest BCUT2D eigenvalue weighted by molar-refractivity contribution is 7.99. The Balaban J connectivity index is 1.67. The first-order valence-electron chi connectivity index (χ1n) is 12.1. The molecular weight excluding hydrogens is 460 g/mol. The zero-order valence-corrected chi connectivity index (χ0v) is 21.3. The lowest BCUT2D eigenvalue weighted by Crippen LogP contribution is -2.29.